The fraction of sp³-hybridized carbons (Fsp3) is 0.421. The first kappa shape index (κ1) is 15.7. The van der Waals surface area contributed by atoms with Gasteiger partial charge in [-0.1, -0.05) is 18.2 Å². The molecule has 0 N–H and O–H groups in total. The number of hydrogen-bond donors (Lipinski definition) is 0. The number of benzene rings is 1. The van der Waals surface area contributed by atoms with Crippen LogP contribution in [0.25, 0.3) is 10.9 Å². The lowest BCUT2D eigenvalue weighted by Crippen LogP contribution is -2.48. The van der Waals surface area contributed by atoms with Crippen LogP contribution in [-0.4, -0.2) is 34.7 Å². The normalized spacial score (nSPS) is 26.2. The summed E-state index contributed by atoms with van der Waals surface area (Å²) in [6.07, 6.45) is 3.00. The summed E-state index contributed by atoms with van der Waals surface area (Å²) in [5.74, 6) is 0.00500. The monoisotopic (exact) mass is 372 g/mol. The molecule has 6 heteroatoms. The van der Waals surface area contributed by atoms with Crippen molar-refractivity contribution in [3.05, 3.63) is 47.3 Å². The van der Waals surface area contributed by atoms with Crippen molar-refractivity contribution in [2.45, 2.75) is 16.5 Å². The SMILES string of the molecule is COC(=O)C1=CN(C)[C@@H]2C[C@H]1C1(SCS1)c1c2c2ccccc2n1C. The van der Waals surface area contributed by atoms with E-state index in [0.29, 0.717) is 6.04 Å². The molecule has 2 bridgehead atoms. The van der Waals surface area contributed by atoms with Crippen molar-refractivity contribution >= 4 is 40.4 Å². The second-order valence-corrected chi connectivity index (χ2v) is 10.0. The van der Waals surface area contributed by atoms with Gasteiger partial charge in [0.15, 0.2) is 0 Å². The molecule has 25 heavy (non-hydrogen) atoms. The number of rotatable bonds is 1. The van der Waals surface area contributed by atoms with Gasteiger partial charge in [0.25, 0.3) is 0 Å². The van der Waals surface area contributed by atoms with Gasteiger partial charge >= 0.3 is 5.97 Å². The lowest BCUT2D eigenvalue weighted by molar-refractivity contribution is -0.137. The molecule has 1 aromatic carbocycles. The molecular weight excluding hydrogens is 352 g/mol. The topological polar surface area (TPSA) is 34.5 Å². The summed E-state index contributed by atoms with van der Waals surface area (Å²) in [5.41, 5.74) is 4.92. The molecule has 3 aliphatic rings. The summed E-state index contributed by atoms with van der Waals surface area (Å²) < 4.78 is 7.40. The molecule has 0 unspecified atom stereocenters. The molecule has 0 radical (unpaired) electrons. The molecular formula is C19H20N2O2S2. The van der Waals surface area contributed by atoms with Crippen LogP contribution in [0.4, 0.5) is 0 Å². The Kier molecular flexibility index (Phi) is 3.29. The van der Waals surface area contributed by atoms with Gasteiger partial charge in [0, 0.05) is 47.8 Å². The maximum absolute atomic E-state index is 12.5. The summed E-state index contributed by atoms with van der Waals surface area (Å²) in [5, 5.41) is 2.42. The number of carbonyl (C=O) groups is 1. The minimum atomic E-state index is -0.190. The van der Waals surface area contributed by atoms with Crippen molar-refractivity contribution in [1.82, 2.24) is 9.47 Å². The minimum Gasteiger partial charge on any atom is -0.466 e. The van der Waals surface area contributed by atoms with Crippen LogP contribution in [0.3, 0.4) is 0 Å². The van der Waals surface area contributed by atoms with Crippen molar-refractivity contribution < 1.29 is 9.53 Å². The van der Waals surface area contributed by atoms with Crippen LogP contribution in [0, 0.1) is 5.92 Å². The number of para-hydroxylation sites is 1. The van der Waals surface area contributed by atoms with Gasteiger partial charge in [0.05, 0.1) is 24.4 Å². The molecule has 1 spiro atoms. The molecule has 4 nitrogen and oxygen atoms in total. The van der Waals surface area contributed by atoms with Crippen molar-refractivity contribution in [3.63, 3.8) is 0 Å². The quantitative estimate of drug-likeness (QED) is 0.711. The van der Waals surface area contributed by atoms with Gasteiger partial charge in [-0.15, -0.1) is 23.5 Å². The number of nitrogens with zero attached hydrogens (tertiary/aromatic N) is 2. The summed E-state index contributed by atoms with van der Waals surface area (Å²) in [6.45, 7) is 0. The molecule has 2 atom stereocenters. The third kappa shape index (κ3) is 1.84. The molecule has 3 heterocycles. The number of aromatic nitrogens is 1. The van der Waals surface area contributed by atoms with Gasteiger partial charge in [-0.05, 0) is 12.5 Å². The Morgan fingerprint density at radius 2 is 2.04 bits per heavy atom. The zero-order valence-electron chi connectivity index (χ0n) is 14.5. The standard InChI is InChI=1S/C19H20N2O2S2/c1-20-9-12(18(22)23-3)13-8-15(20)16-11-6-4-5-7-14(11)21(2)17(16)19(13)24-10-25-19/h4-7,9,13,15H,8,10H2,1-3H3/t13-,15-/m1/s1. The number of carbonyl (C=O) groups excluding carboxylic acids is 1. The van der Waals surface area contributed by atoms with Crippen LogP contribution in [0.2, 0.25) is 0 Å². The number of fused-ring (bicyclic) bond motifs is 8. The Morgan fingerprint density at radius 3 is 2.72 bits per heavy atom. The molecule has 5 rings (SSSR count). The zero-order chi connectivity index (χ0) is 17.3. The van der Waals surface area contributed by atoms with Crippen LogP contribution in [0.5, 0.6) is 0 Å². The van der Waals surface area contributed by atoms with Crippen molar-refractivity contribution in [1.29, 1.82) is 0 Å². The second kappa shape index (κ2) is 5.24. The van der Waals surface area contributed by atoms with Gasteiger partial charge in [0.2, 0.25) is 0 Å². The van der Waals surface area contributed by atoms with Crippen molar-refractivity contribution in [2.75, 3.05) is 19.2 Å². The Bertz CT molecular complexity index is 929. The number of methoxy groups -OCH3 is 1. The van der Waals surface area contributed by atoms with Gasteiger partial charge < -0.3 is 14.2 Å². The van der Waals surface area contributed by atoms with E-state index in [4.69, 9.17) is 4.74 Å². The third-order valence-electron chi connectivity index (χ3n) is 5.90. The van der Waals surface area contributed by atoms with Crippen LogP contribution < -0.4 is 0 Å². The molecule has 1 saturated heterocycles. The van der Waals surface area contributed by atoms with E-state index in [-0.39, 0.29) is 16.0 Å². The van der Waals surface area contributed by atoms with E-state index in [1.54, 1.807) is 0 Å². The molecule has 1 fully saturated rings. The average Bonchev–Trinajstić information content (AvgIpc) is 2.89. The summed E-state index contributed by atoms with van der Waals surface area (Å²) in [6, 6.07) is 8.99. The first-order valence-corrected chi connectivity index (χ1v) is 10.4. The van der Waals surface area contributed by atoms with Crippen LogP contribution >= 0.6 is 23.5 Å². The average molecular weight is 373 g/mol. The molecule has 0 amide bonds. The van der Waals surface area contributed by atoms with Crippen molar-refractivity contribution in [2.24, 2.45) is 13.0 Å². The summed E-state index contributed by atoms with van der Waals surface area (Å²) in [7, 11) is 5.73. The number of esters is 1. The van der Waals surface area contributed by atoms with Crippen LogP contribution in [0.1, 0.15) is 23.7 Å². The Morgan fingerprint density at radius 1 is 1.28 bits per heavy atom. The van der Waals surface area contributed by atoms with E-state index in [1.165, 1.54) is 29.3 Å². The Labute approximate surface area is 155 Å². The van der Waals surface area contributed by atoms with Gasteiger partial charge in [-0.3, -0.25) is 0 Å². The van der Waals surface area contributed by atoms with Crippen LogP contribution in [0.15, 0.2) is 36.0 Å². The maximum Gasteiger partial charge on any atom is 0.335 e. The maximum atomic E-state index is 12.5. The van der Waals surface area contributed by atoms with E-state index in [9.17, 15) is 4.79 Å². The lowest BCUT2D eigenvalue weighted by atomic mass is 9.75. The highest BCUT2D eigenvalue weighted by molar-refractivity contribution is 8.33. The number of hydrogen-bond acceptors (Lipinski definition) is 5. The van der Waals surface area contributed by atoms with E-state index in [1.807, 2.05) is 29.7 Å². The van der Waals surface area contributed by atoms with Gasteiger partial charge in [0.1, 0.15) is 4.08 Å². The molecule has 2 aromatic rings. The third-order valence-corrected chi connectivity index (χ3v) is 9.37. The fourth-order valence-corrected chi connectivity index (χ4v) is 7.88. The Hall–Kier alpha value is -1.53. The second-order valence-electron chi connectivity index (χ2n) is 6.96. The van der Waals surface area contributed by atoms with Crippen molar-refractivity contribution in [3.8, 4) is 0 Å². The predicted octanol–water partition coefficient (Wildman–Crippen LogP) is 3.83. The largest absolute Gasteiger partial charge is 0.466 e. The summed E-state index contributed by atoms with van der Waals surface area (Å²) in [4.78, 5) is 14.7. The first-order chi connectivity index (χ1) is 12.1. The van der Waals surface area contributed by atoms with E-state index in [0.717, 1.165) is 17.1 Å². The molecule has 1 aliphatic carbocycles. The van der Waals surface area contributed by atoms with E-state index >= 15 is 0 Å². The number of ether oxygens (including phenoxy) is 1. The molecule has 1 aromatic heterocycles. The first-order valence-electron chi connectivity index (χ1n) is 8.46. The van der Waals surface area contributed by atoms with Gasteiger partial charge in [-0.25, -0.2) is 4.79 Å². The highest BCUT2D eigenvalue weighted by Crippen LogP contribution is 2.70. The van der Waals surface area contributed by atoms with Crippen LogP contribution in [-0.2, 0) is 20.7 Å². The predicted molar refractivity (Wildman–Crippen MR) is 103 cm³/mol. The highest BCUT2D eigenvalue weighted by atomic mass is 32.3. The fourth-order valence-electron chi connectivity index (χ4n) is 4.78. The smallest absolute Gasteiger partial charge is 0.335 e. The molecule has 130 valence electrons. The lowest BCUT2D eigenvalue weighted by Gasteiger charge is -2.54. The van der Waals surface area contributed by atoms with Gasteiger partial charge in [-0.2, -0.15) is 0 Å². The number of thioether (sulfide) groups is 2. The molecule has 2 aliphatic heterocycles. The zero-order valence-corrected chi connectivity index (χ0v) is 16.1. The minimum absolute atomic E-state index is 0.0686. The number of aryl methyl sites for hydroxylation is 1. The summed E-state index contributed by atoms with van der Waals surface area (Å²) >= 11 is 3.95. The Balaban J connectivity index is 1.81. The van der Waals surface area contributed by atoms with E-state index < -0.39 is 0 Å². The molecule has 0 saturated carbocycles. The highest BCUT2D eigenvalue weighted by Gasteiger charge is 2.59. The van der Waals surface area contributed by atoms with E-state index in [2.05, 4.69) is 47.8 Å².